The highest BCUT2D eigenvalue weighted by Gasteiger charge is 2.16. The van der Waals surface area contributed by atoms with Crippen LogP contribution in [0.2, 0.25) is 0 Å². The number of hydrogen-bond acceptors (Lipinski definition) is 2. The van der Waals surface area contributed by atoms with Gasteiger partial charge in [0.25, 0.3) is 0 Å². The topological polar surface area (TPSA) is 74.6 Å². The molecular formula is C30H60O4. The minimum atomic E-state index is -0.745. The van der Waals surface area contributed by atoms with Crippen molar-refractivity contribution in [3.05, 3.63) is 0 Å². The third-order valence-corrected chi connectivity index (χ3v) is 6.71. The summed E-state index contributed by atoms with van der Waals surface area (Å²) < 4.78 is 0. The molecule has 0 aromatic rings. The zero-order valence-corrected chi connectivity index (χ0v) is 23.3. The van der Waals surface area contributed by atoms with E-state index in [1.165, 1.54) is 122 Å². The SMILES string of the molecule is CCC(=O)O.CCCCCCCCCCCCCC(CCCCCCCCCCCC)C(=O)O. The van der Waals surface area contributed by atoms with Crippen molar-refractivity contribution in [3.8, 4) is 0 Å². The van der Waals surface area contributed by atoms with Crippen molar-refractivity contribution in [3.63, 3.8) is 0 Å². The largest absolute Gasteiger partial charge is 0.481 e. The van der Waals surface area contributed by atoms with E-state index < -0.39 is 11.9 Å². The van der Waals surface area contributed by atoms with E-state index in [2.05, 4.69) is 13.8 Å². The summed E-state index contributed by atoms with van der Waals surface area (Å²) in [6.45, 7) is 6.14. The summed E-state index contributed by atoms with van der Waals surface area (Å²) in [6, 6.07) is 0. The van der Waals surface area contributed by atoms with E-state index in [9.17, 15) is 14.7 Å². The van der Waals surface area contributed by atoms with Crippen LogP contribution in [0.3, 0.4) is 0 Å². The second-order valence-electron chi connectivity index (χ2n) is 10.1. The van der Waals surface area contributed by atoms with Crippen molar-refractivity contribution in [2.24, 2.45) is 5.92 Å². The average molecular weight is 485 g/mol. The minimum absolute atomic E-state index is 0.0948. The van der Waals surface area contributed by atoms with E-state index >= 15 is 0 Å². The highest BCUT2D eigenvalue weighted by Crippen LogP contribution is 2.20. The number of carboxylic acids is 2. The van der Waals surface area contributed by atoms with Crippen LogP contribution in [-0.4, -0.2) is 22.2 Å². The van der Waals surface area contributed by atoms with Gasteiger partial charge in [0.1, 0.15) is 0 Å². The van der Waals surface area contributed by atoms with Gasteiger partial charge in [0.05, 0.1) is 5.92 Å². The molecule has 0 radical (unpaired) electrons. The molecule has 2 N–H and O–H groups in total. The van der Waals surface area contributed by atoms with Crippen LogP contribution in [-0.2, 0) is 9.59 Å². The van der Waals surface area contributed by atoms with Crippen molar-refractivity contribution < 1.29 is 19.8 Å². The Morgan fingerprint density at radius 3 is 0.912 bits per heavy atom. The third kappa shape index (κ3) is 30.9. The Labute approximate surface area is 212 Å². The highest BCUT2D eigenvalue weighted by atomic mass is 16.4. The minimum Gasteiger partial charge on any atom is -0.481 e. The standard InChI is InChI=1S/C27H54O2.C3H6O2/c1-3-5-7-9-11-13-15-17-19-21-23-25-26(27(28)29)24-22-20-18-16-14-12-10-8-6-4-2;1-2-3(4)5/h26H,3-25H2,1-2H3,(H,28,29);2H2,1H3,(H,4,5). The summed E-state index contributed by atoms with van der Waals surface area (Å²) in [5, 5.41) is 17.2. The van der Waals surface area contributed by atoms with E-state index in [1.54, 1.807) is 6.92 Å². The van der Waals surface area contributed by atoms with E-state index in [1.807, 2.05) is 0 Å². The molecule has 0 spiro atoms. The maximum Gasteiger partial charge on any atom is 0.306 e. The molecule has 0 aliphatic carbocycles. The number of hydrogen-bond donors (Lipinski definition) is 2. The second-order valence-corrected chi connectivity index (χ2v) is 10.1. The average Bonchev–Trinajstić information content (AvgIpc) is 2.82. The fourth-order valence-corrected chi connectivity index (χ4v) is 4.32. The first-order valence-electron chi connectivity index (χ1n) is 14.9. The molecule has 1 unspecified atom stereocenters. The lowest BCUT2D eigenvalue weighted by atomic mass is 9.94. The summed E-state index contributed by atoms with van der Waals surface area (Å²) >= 11 is 0. The molecule has 4 heteroatoms. The molecule has 0 bridgehead atoms. The number of aliphatic carboxylic acids is 2. The van der Waals surface area contributed by atoms with Crippen molar-refractivity contribution in [1.82, 2.24) is 0 Å². The zero-order valence-electron chi connectivity index (χ0n) is 23.3. The summed E-state index contributed by atoms with van der Waals surface area (Å²) in [5.74, 6) is -1.40. The Morgan fingerprint density at radius 1 is 0.471 bits per heavy atom. The summed E-state index contributed by atoms with van der Waals surface area (Å²) in [6.07, 6.45) is 29.9. The molecule has 0 rings (SSSR count). The van der Waals surface area contributed by atoms with E-state index in [-0.39, 0.29) is 12.3 Å². The number of carboxylic acid groups (broad SMARTS) is 2. The van der Waals surface area contributed by atoms with Crippen molar-refractivity contribution in [1.29, 1.82) is 0 Å². The van der Waals surface area contributed by atoms with Gasteiger partial charge >= 0.3 is 11.9 Å². The Bertz CT molecular complexity index is 422. The summed E-state index contributed by atoms with van der Waals surface area (Å²) in [5.41, 5.74) is 0. The van der Waals surface area contributed by atoms with Crippen molar-refractivity contribution in [2.75, 3.05) is 0 Å². The van der Waals surface area contributed by atoms with Gasteiger partial charge in [-0.1, -0.05) is 156 Å². The Kier molecular flexibility index (Phi) is 30.9. The first-order valence-corrected chi connectivity index (χ1v) is 14.9. The summed E-state index contributed by atoms with van der Waals surface area (Å²) in [7, 11) is 0. The molecule has 0 heterocycles. The smallest absolute Gasteiger partial charge is 0.306 e. The van der Waals surface area contributed by atoms with Crippen LogP contribution in [0.1, 0.15) is 175 Å². The van der Waals surface area contributed by atoms with Gasteiger partial charge in [-0.25, -0.2) is 0 Å². The molecule has 0 fully saturated rings. The molecule has 34 heavy (non-hydrogen) atoms. The molecule has 1 atom stereocenters. The maximum absolute atomic E-state index is 11.5. The van der Waals surface area contributed by atoms with Crippen LogP contribution in [0.5, 0.6) is 0 Å². The van der Waals surface area contributed by atoms with Gasteiger partial charge < -0.3 is 10.2 Å². The second kappa shape index (κ2) is 30.0. The molecule has 204 valence electrons. The van der Waals surface area contributed by atoms with Gasteiger partial charge in [-0.05, 0) is 12.8 Å². The fourth-order valence-electron chi connectivity index (χ4n) is 4.32. The molecular weight excluding hydrogens is 424 g/mol. The zero-order chi connectivity index (χ0) is 25.7. The van der Waals surface area contributed by atoms with Crippen molar-refractivity contribution >= 4 is 11.9 Å². The van der Waals surface area contributed by atoms with Crippen LogP contribution in [0.25, 0.3) is 0 Å². The molecule has 4 nitrogen and oxygen atoms in total. The van der Waals surface area contributed by atoms with Crippen LogP contribution in [0.4, 0.5) is 0 Å². The predicted molar refractivity (Wildman–Crippen MR) is 147 cm³/mol. The normalized spacial score (nSPS) is 11.6. The number of unbranched alkanes of at least 4 members (excludes halogenated alkanes) is 19. The number of carbonyl (C=O) groups is 2. The lowest BCUT2D eigenvalue weighted by Gasteiger charge is -2.12. The van der Waals surface area contributed by atoms with Crippen LogP contribution in [0.15, 0.2) is 0 Å². The fraction of sp³-hybridized carbons (Fsp3) is 0.933. The molecule has 0 saturated heterocycles. The van der Waals surface area contributed by atoms with Gasteiger partial charge in [0, 0.05) is 6.42 Å². The third-order valence-electron chi connectivity index (χ3n) is 6.71. The quantitative estimate of drug-likeness (QED) is 0.126. The van der Waals surface area contributed by atoms with Crippen LogP contribution < -0.4 is 0 Å². The molecule has 0 aliphatic rings. The molecule has 0 saturated carbocycles. The highest BCUT2D eigenvalue weighted by molar-refractivity contribution is 5.69. The first-order chi connectivity index (χ1) is 16.5. The molecule has 0 aromatic carbocycles. The lowest BCUT2D eigenvalue weighted by Crippen LogP contribution is -2.13. The van der Waals surface area contributed by atoms with E-state index in [0.29, 0.717) is 0 Å². The van der Waals surface area contributed by atoms with Crippen molar-refractivity contribution in [2.45, 2.75) is 175 Å². The van der Waals surface area contributed by atoms with E-state index in [0.717, 1.165) is 25.7 Å². The first kappa shape index (κ1) is 35.1. The summed E-state index contributed by atoms with van der Waals surface area (Å²) in [4.78, 5) is 20.9. The van der Waals surface area contributed by atoms with Gasteiger partial charge in [-0.3, -0.25) is 9.59 Å². The molecule has 0 amide bonds. The number of rotatable bonds is 25. The van der Waals surface area contributed by atoms with Gasteiger partial charge in [-0.15, -0.1) is 0 Å². The van der Waals surface area contributed by atoms with Gasteiger partial charge in [-0.2, -0.15) is 0 Å². The molecule has 0 aliphatic heterocycles. The van der Waals surface area contributed by atoms with Crippen LogP contribution in [0, 0.1) is 5.92 Å². The predicted octanol–water partition coefficient (Wildman–Crippen LogP) is 10.2. The maximum atomic E-state index is 11.5. The van der Waals surface area contributed by atoms with E-state index in [4.69, 9.17) is 5.11 Å². The lowest BCUT2D eigenvalue weighted by molar-refractivity contribution is -0.142. The molecule has 0 aromatic heterocycles. The monoisotopic (exact) mass is 484 g/mol. The van der Waals surface area contributed by atoms with Gasteiger partial charge in [0.2, 0.25) is 0 Å². The Hall–Kier alpha value is -1.06. The van der Waals surface area contributed by atoms with Crippen LogP contribution >= 0.6 is 0 Å². The van der Waals surface area contributed by atoms with Gasteiger partial charge in [0.15, 0.2) is 0 Å². The Morgan fingerprint density at radius 2 is 0.706 bits per heavy atom. The Balaban J connectivity index is 0.